The summed E-state index contributed by atoms with van der Waals surface area (Å²) in [5.74, 6) is 0.928. The largest absolute Gasteiger partial charge is 0.398 e. The Morgan fingerprint density at radius 2 is 2.05 bits per heavy atom. The van der Waals surface area contributed by atoms with E-state index in [-0.39, 0.29) is 0 Å². The van der Waals surface area contributed by atoms with Gasteiger partial charge >= 0.3 is 0 Å². The van der Waals surface area contributed by atoms with Gasteiger partial charge in [-0.15, -0.1) is 0 Å². The molecule has 0 aromatic heterocycles. The summed E-state index contributed by atoms with van der Waals surface area (Å²) in [5, 5.41) is 0. The predicted octanol–water partition coefficient (Wildman–Crippen LogP) is 3.60. The van der Waals surface area contributed by atoms with Gasteiger partial charge in [0, 0.05) is 24.8 Å². The van der Waals surface area contributed by atoms with Gasteiger partial charge in [0.05, 0.1) is 0 Å². The fourth-order valence-corrected chi connectivity index (χ4v) is 3.81. The average molecular weight is 258 g/mol. The molecule has 1 aromatic carbocycles. The fraction of sp³-hybridized carbons (Fsp3) is 0.647. The summed E-state index contributed by atoms with van der Waals surface area (Å²) >= 11 is 0. The molecule has 0 amide bonds. The Morgan fingerprint density at radius 3 is 2.95 bits per heavy atom. The van der Waals surface area contributed by atoms with Crippen LogP contribution in [-0.2, 0) is 13.0 Å². The first-order valence-electron chi connectivity index (χ1n) is 7.84. The van der Waals surface area contributed by atoms with Gasteiger partial charge < -0.3 is 5.73 Å². The van der Waals surface area contributed by atoms with Crippen molar-refractivity contribution in [1.82, 2.24) is 4.90 Å². The quantitative estimate of drug-likeness (QED) is 0.616. The maximum absolute atomic E-state index is 6.09. The van der Waals surface area contributed by atoms with Crippen molar-refractivity contribution in [2.45, 2.75) is 58.0 Å². The summed E-state index contributed by atoms with van der Waals surface area (Å²) in [6.07, 6.45) is 8.15. The van der Waals surface area contributed by atoms with Crippen LogP contribution in [0.15, 0.2) is 18.2 Å². The zero-order valence-electron chi connectivity index (χ0n) is 12.1. The van der Waals surface area contributed by atoms with Crippen LogP contribution in [0.4, 0.5) is 5.69 Å². The molecule has 1 aromatic rings. The highest BCUT2D eigenvalue weighted by Crippen LogP contribution is 2.30. The third-order valence-corrected chi connectivity index (χ3v) is 5.08. The number of hydrogen-bond acceptors (Lipinski definition) is 2. The smallest absolute Gasteiger partial charge is 0.0350 e. The second-order valence-corrected chi connectivity index (χ2v) is 6.47. The van der Waals surface area contributed by atoms with E-state index in [1.807, 2.05) is 6.07 Å². The molecule has 2 heteroatoms. The Labute approximate surface area is 117 Å². The summed E-state index contributed by atoms with van der Waals surface area (Å²) in [5.41, 5.74) is 9.95. The van der Waals surface area contributed by atoms with Crippen LogP contribution in [0.25, 0.3) is 0 Å². The lowest BCUT2D eigenvalue weighted by atomic mass is 9.95. The Bertz CT molecular complexity index is 441. The lowest BCUT2D eigenvalue weighted by Gasteiger charge is -2.35. The monoisotopic (exact) mass is 258 g/mol. The third-order valence-electron chi connectivity index (χ3n) is 5.08. The molecule has 1 heterocycles. The number of fused-ring (bicyclic) bond motifs is 1. The van der Waals surface area contributed by atoms with Crippen LogP contribution in [-0.4, -0.2) is 17.5 Å². The molecule has 2 aliphatic rings. The van der Waals surface area contributed by atoms with E-state index < -0.39 is 0 Å². The van der Waals surface area contributed by atoms with Crippen molar-refractivity contribution in [1.29, 1.82) is 0 Å². The SMILES string of the molecule is CC1CCCC(N2CCc3c(N)cccc3C2)CC1. The highest BCUT2D eigenvalue weighted by molar-refractivity contribution is 5.51. The highest BCUT2D eigenvalue weighted by atomic mass is 15.2. The third kappa shape index (κ3) is 2.79. The molecule has 2 unspecified atom stereocenters. The molecule has 104 valence electrons. The van der Waals surface area contributed by atoms with Crippen LogP contribution >= 0.6 is 0 Å². The normalized spacial score (nSPS) is 28.7. The first-order chi connectivity index (χ1) is 9.24. The summed E-state index contributed by atoms with van der Waals surface area (Å²) in [4.78, 5) is 2.71. The van der Waals surface area contributed by atoms with E-state index in [0.29, 0.717) is 0 Å². The number of benzene rings is 1. The van der Waals surface area contributed by atoms with Crippen LogP contribution in [0, 0.1) is 5.92 Å². The van der Waals surface area contributed by atoms with Crippen molar-refractivity contribution in [3.8, 4) is 0 Å². The number of nitrogen functional groups attached to an aromatic ring is 1. The predicted molar refractivity (Wildman–Crippen MR) is 81.0 cm³/mol. The van der Waals surface area contributed by atoms with Crippen molar-refractivity contribution in [2.75, 3.05) is 12.3 Å². The lowest BCUT2D eigenvalue weighted by molar-refractivity contribution is 0.161. The molecule has 0 radical (unpaired) electrons. The van der Waals surface area contributed by atoms with Crippen LogP contribution in [0.3, 0.4) is 0 Å². The standard InChI is InChI=1S/C17H26N2/c1-13-4-2-6-15(9-8-13)19-11-10-16-14(12-19)5-3-7-17(16)18/h3,5,7,13,15H,2,4,6,8-12,18H2,1H3. The molecule has 1 aliphatic heterocycles. The molecule has 1 saturated carbocycles. The molecule has 0 spiro atoms. The average Bonchev–Trinajstić information content (AvgIpc) is 2.63. The second kappa shape index (κ2) is 5.54. The van der Waals surface area contributed by atoms with Crippen molar-refractivity contribution >= 4 is 5.69 Å². The van der Waals surface area contributed by atoms with Crippen molar-refractivity contribution in [2.24, 2.45) is 5.92 Å². The summed E-state index contributed by atoms with van der Waals surface area (Å²) in [7, 11) is 0. The van der Waals surface area contributed by atoms with Crippen LogP contribution in [0.1, 0.15) is 50.2 Å². The van der Waals surface area contributed by atoms with E-state index in [4.69, 9.17) is 5.73 Å². The van der Waals surface area contributed by atoms with Gasteiger partial charge in [-0.05, 0) is 48.8 Å². The minimum Gasteiger partial charge on any atom is -0.398 e. The van der Waals surface area contributed by atoms with Crippen LogP contribution in [0.5, 0.6) is 0 Å². The zero-order valence-corrected chi connectivity index (χ0v) is 12.1. The highest BCUT2D eigenvalue weighted by Gasteiger charge is 2.26. The van der Waals surface area contributed by atoms with E-state index in [2.05, 4.69) is 24.0 Å². The molecule has 0 saturated heterocycles. The van der Waals surface area contributed by atoms with Crippen LogP contribution in [0.2, 0.25) is 0 Å². The van der Waals surface area contributed by atoms with Gasteiger partial charge in [0.1, 0.15) is 0 Å². The number of rotatable bonds is 1. The molecular formula is C17H26N2. The fourth-order valence-electron chi connectivity index (χ4n) is 3.81. The Hall–Kier alpha value is -1.02. The summed E-state index contributed by atoms with van der Waals surface area (Å²) in [6, 6.07) is 7.21. The Balaban J connectivity index is 1.71. The number of nitrogens with two attached hydrogens (primary N) is 1. The molecule has 0 bridgehead atoms. The van der Waals surface area contributed by atoms with Crippen molar-refractivity contribution in [3.05, 3.63) is 29.3 Å². The minimum atomic E-state index is 0.805. The van der Waals surface area contributed by atoms with Gasteiger partial charge in [0.25, 0.3) is 0 Å². The topological polar surface area (TPSA) is 29.3 Å². The lowest BCUT2D eigenvalue weighted by Crippen LogP contribution is -2.39. The van der Waals surface area contributed by atoms with E-state index in [1.165, 1.54) is 49.8 Å². The van der Waals surface area contributed by atoms with Gasteiger partial charge in [-0.2, -0.15) is 0 Å². The van der Waals surface area contributed by atoms with Crippen molar-refractivity contribution < 1.29 is 0 Å². The molecule has 2 atom stereocenters. The van der Waals surface area contributed by atoms with Gasteiger partial charge in [-0.1, -0.05) is 31.9 Å². The first-order valence-corrected chi connectivity index (χ1v) is 7.84. The van der Waals surface area contributed by atoms with Gasteiger partial charge in [0.15, 0.2) is 0 Å². The van der Waals surface area contributed by atoms with Crippen molar-refractivity contribution in [3.63, 3.8) is 0 Å². The van der Waals surface area contributed by atoms with Crippen LogP contribution < -0.4 is 5.73 Å². The molecule has 2 nitrogen and oxygen atoms in total. The summed E-state index contributed by atoms with van der Waals surface area (Å²) in [6.45, 7) is 4.72. The first kappa shape index (κ1) is 13.0. The molecule has 2 N–H and O–H groups in total. The molecule has 1 fully saturated rings. The minimum absolute atomic E-state index is 0.805. The molecular weight excluding hydrogens is 232 g/mol. The molecule has 1 aliphatic carbocycles. The molecule has 3 rings (SSSR count). The van der Waals surface area contributed by atoms with E-state index in [0.717, 1.165) is 30.6 Å². The summed E-state index contributed by atoms with van der Waals surface area (Å²) < 4.78 is 0. The Kier molecular flexibility index (Phi) is 3.79. The van der Waals surface area contributed by atoms with E-state index >= 15 is 0 Å². The van der Waals surface area contributed by atoms with Gasteiger partial charge in [-0.25, -0.2) is 0 Å². The van der Waals surface area contributed by atoms with E-state index in [1.54, 1.807) is 0 Å². The molecule has 19 heavy (non-hydrogen) atoms. The number of anilines is 1. The zero-order chi connectivity index (χ0) is 13.2. The second-order valence-electron chi connectivity index (χ2n) is 6.47. The maximum Gasteiger partial charge on any atom is 0.0350 e. The Morgan fingerprint density at radius 1 is 1.16 bits per heavy atom. The number of hydrogen-bond donors (Lipinski definition) is 1. The number of nitrogens with zero attached hydrogens (tertiary/aromatic N) is 1. The maximum atomic E-state index is 6.09. The van der Waals surface area contributed by atoms with E-state index in [9.17, 15) is 0 Å². The van der Waals surface area contributed by atoms with Gasteiger partial charge in [-0.3, -0.25) is 4.90 Å². The van der Waals surface area contributed by atoms with Gasteiger partial charge in [0.2, 0.25) is 0 Å².